The van der Waals surface area contributed by atoms with Crippen LogP contribution in [-0.2, 0) is 15.5 Å². The van der Waals surface area contributed by atoms with Crippen molar-refractivity contribution in [1.29, 1.82) is 0 Å². The van der Waals surface area contributed by atoms with Crippen LogP contribution in [0.2, 0.25) is 0 Å². The average Bonchev–Trinajstić information content (AvgIpc) is 2.96. The third-order valence-corrected chi connectivity index (χ3v) is 8.16. The van der Waals surface area contributed by atoms with Gasteiger partial charge in [0.05, 0.1) is 10.1 Å². The number of fused-ring (bicyclic) bond motifs is 3. The first-order valence-corrected chi connectivity index (χ1v) is 14.3. The molecule has 0 aromatic heterocycles. The minimum atomic E-state index is -4.11. The molecule has 0 bridgehead atoms. The molecule has 0 fully saturated rings. The Bertz CT molecular complexity index is 961. The maximum atomic E-state index is 10.9. The van der Waals surface area contributed by atoms with Crippen molar-refractivity contribution in [3.63, 3.8) is 0 Å². The Balaban J connectivity index is 0.00000272. The summed E-state index contributed by atoms with van der Waals surface area (Å²) in [6, 6.07) is 13.3. The molecule has 0 saturated carbocycles. The summed E-state index contributed by atoms with van der Waals surface area (Å²) in [6.07, 6.45) is 9.73. The van der Waals surface area contributed by atoms with E-state index in [0.29, 0.717) is 6.42 Å². The molecule has 3 nitrogen and oxygen atoms in total. The Morgan fingerprint density at radius 1 is 0.758 bits per heavy atom. The summed E-state index contributed by atoms with van der Waals surface area (Å²) in [5, 5.41) is 0. The number of unbranched alkanes of at least 4 members (excludes halogenated alkanes) is 6. The molecule has 1 aliphatic carbocycles. The fourth-order valence-corrected chi connectivity index (χ4v) is 6.22. The first kappa shape index (κ1) is 32.3. The monoisotopic (exact) mass is 614 g/mol. The maximum absolute atomic E-state index is 10.9. The van der Waals surface area contributed by atoms with Crippen molar-refractivity contribution in [2.24, 2.45) is 0 Å². The topological polar surface area (TPSA) is 57.2 Å². The van der Waals surface area contributed by atoms with Gasteiger partial charge in [-0.1, -0.05) is 82.5 Å². The summed E-state index contributed by atoms with van der Waals surface area (Å²) in [5.41, 5.74) is 5.39. The SMILES string of the molecule is [CH2-]CCCCCC1(CCCCCCS(=O)(=O)[O-])c2cc(Br)ccc2-c2ccc(Br)cc21.[Na+].[Na+]. The molecule has 8 heteroatoms. The van der Waals surface area contributed by atoms with Gasteiger partial charge in [0.1, 0.15) is 0 Å². The van der Waals surface area contributed by atoms with Crippen LogP contribution in [0.1, 0.15) is 75.3 Å². The second-order valence-electron chi connectivity index (χ2n) is 8.55. The molecule has 0 spiro atoms. The molecular weight excluding hydrogens is 586 g/mol. The number of halogens is 2. The van der Waals surface area contributed by atoms with E-state index in [-0.39, 0.29) is 70.3 Å². The molecule has 0 heterocycles. The van der Waals surface area contributed by atoms with Gasteiger partial charge in [-0.15, -0.1) is 0 Å². The van der Waals surface area contributed by atoms with Gasteiger partial charge in [-0.25, -0.2) is 8.42 Å². The van der Waals surface area contributed by atoms with Gasteiger partial charge in [0.15, 0.2) is 0 Å². The zero-order chi connectivity index (χ0) is 22.5. The number of benzene rings is 2. The van der Waals surface area contributed by atoms with Crippen molar-refractivity contribution in [2.75, 3.05) is 5.75 Å². The van der Waals surface area contributed by atoms with Crippen molar-refractivity contribution in [2.45, 2.75) is 69.6 Å². The fourth-order valence-electron chi connectivity index (χ4n) is 4.94. The van der Waals surface area contributed by atoms with E-state index >= 15 is 0 Å². The normalized spacial score (nSPS) is 13.6. The van der Waals surface area contributed by atoms with Gasteiger partial charge in [-0.05, 0) is 65.8 Å². The molecule has 1 aliphatic rings. The van der Waals surface area contributed by atoms with Gasteiger partial charge in [0, 0.05) is 20.1 Å². The minimum absolute atomic E-state index is 0. The largest absolute Gasteiger partial charge is 1.00 e. The third-order valence-electron chi connectivity index (χ3n) is 6.39. The molecule has 3 rings (SSSR count). The van der Waals surface area contributed by atoms with Crippen LogP contribution in [0.15, 0.2) is 45.3 Å². The van der Waals surface area contributed by atoms with E-state index in [9.17, 15) is 13.0 Å². The van der Waals surface area contributed by atoms with E-state index < -0.39 is 10.1 Å². The van der Waals surface area contributed by atoms with Gasteiger partial charge in [-0.2, -0.15) is 6.42 Å². The molecule has 2 aromatic rings. The van der Waals surface area contributed by atoms with Crippen LogP contribution in [0.5, 0.6) is 0 Å². The third kappa shape index (κ3) is 8.69. The zero-order valence-corrected chi connectivity index (χ0v) is 27.8. The molecule has 2 aromatic carbocycles. The second kappa shape index (κ2) is 14.9. The molecule has 33 heavy (non-hydrogen) atoms. The summed E-state index contributed by atoms with van der Waals surface area (Å²) in [5.74, 6) is -0.255. The van der Waals surface area contributed by atoms with E-state index in [4.69, 9.17) is 0 Å². The molecule has 0 unspecified atom stereocenters. The van der Waals surface area contributed by atoms with E-state index in [0.717, 1.165) is 60.3 Å². The number of hydrogen-bond donors (Lipinski definition) is 0. The Hall–Kier alpha value is 1.31. The first-order chi connectivity index (χ1) is 14.8. The Morgan fingerprint density at radius 2 is 1.21 bits per heavy atom. The van der Waals surface area contributed by atoms with Gasteiger partial charge in [0.25, 0.3) is 0 Å². The van der Waals surface area contributed by atoms with E-state index in [1.165, 1.54) is 28.7 Å². The van der Waals surface area contributed by atoms with Crippen molar-refractivity contribution in [1.82, 2.24) is 0 Å². The average molecular weight is 616 g/mol. The van der Waals surface area contributed by atoms with E-state index in [1.807, 2.05) is 0 Å². The molecule has 0 N–H and O–H groups in total. The zero-order valence-electron chi connectivity index (χ0n) is 19.8. The molecule has 170 valence electrons. The predicted molar refractivity (Wildman–Crippen MR) is 134 cm³/mol. The van der Waals surface area contributed by atoms with E-state index in [1.54, 1.807) is 0 Å². The van der Waals surface area contributed by atoms with Gasteiger partial charge in [-0.3, -0.25) is 0 Å². The Kier molecular flexibility index (Phi) is 14.6. The van der Waals surface area contributed by atoms with Crippen LogP contribution in [0.25, 0.3) is 11.1 Å². The van der Waals surface area contributed by atoms with Crippen LogP contribution in [0.4, 0.5) is 0 Å². The fraction of sp³-hybridized carbons (Fsp3) is 0.480. The van der Waals surface area contributed by atoms with Crippen LogP contribution < -0.4 is 59.1 Å². The van der Waals surface area contributed by atoms with Crippen molar-refractivity contribution in [3.05, 3.63) is 63.4 Å². The van der Waals surface area contributed by atoms with Crippen LogP contribution in [0, 0.1) is 6.92 Å². The summed E-state index contributed by atoms with van der Waals surface area (Å²) in [6.45, 7) is 3.99. The Morgan fingerprint density at radius 3 is 1.67 bits per heavy atom. The number of hydrogen-bond acceptors (Lipinski definition) is 3. The summed E-state index contributed by atoms with van der Waals surface area (Å²) < 4.78 is 34.8. The maximum Gasteiger partial charge on any atom is 1.00 e. The van der Waals surface area contributed by atoms with Crippen LogP contribution in [0.3, 0.4) is 0 Å². The van der Waals surface area contributed by atoms with E-state index in [2.05, 4.69) is 75.2 Å². The standard InChI is InChI=1S/C25H31Br2O3S.2Na/c1-2-3-4-7-14-25(15-8-5-6-9-16-31(28,29)30)23-17-19(26)10-12-21(23)22-13-11-20(27)18-24(22)25;;/h10-13,17-18H,1-9,14-16H2,(H,28,29,30);;/q-1;2*+1/p-1. The predicted octanol–water partition coefficient (Wildman–Crippen LogP) is 1.77. The van der Waals surface area contributed by atoms with Crippen molar-refractivity contribution >= 4 is 42.0 Å². The summed E-state index contributed by atoms with van der Waals surface area (Å²) in [7, 11) is -4.11. The summed E-state index contributed by atoms with van der Waals surface area (Å²) in [4.78, 5) is 0. The minimum Gasteiger partial charge on any atom is -0.748 e. The molecule has 0 atom stereocenters. The smallest absolute Gasteiger partial charge is 0.748 e. The number of rotatable bonds is 12. The van der Waals surface area contributed by atoms with Gasteiger partial charge in [0.2, 0.25) is 0 Å². The Labute approximate surface area is 260 Å². The van der Waals surface area contributed by atoms with Crippen molar-refractivity contribution in [3.8, 4) is 11.1 Å². The first-order valence-electron chi connectivity index (χ1n) is 11.1. The molecule has 0 radical (unpaired) electrons. The molecule has 0 aliphatic heterocycles. The van der Waals surface area contributed by atoms with Gasteiger partial charge >= 0.3 is 59.1 Å². The van der Waals surface area contributed by atoms with Crippen LogP contribution >= 0.6 is 31.9 Å². The molecular formula is C25H30Br2Na2O3S. The second-order valence-corrected chi connectivity index (χ2v) is 11.9. The van der Waals surface area contributed by atoms with Gasteiger partial charge < -0.3 is 11.5 Å². The molecule has 0 amide bonds. The van der Waals surface area contributed by atoms with Crippen LogP contribution in [-0.4, -0.2) is 18.7 Å². The van der Waals surface area contributed by atoms with Crippen molar-refractivity contribution < 1.29 is 72.1 Å². The molecule has 0 saturated heterocycles. The summed E-state index contributed by atoms with van der Waals surface area (Å²) >= 11 is 7.37. The quantitative estimate of drug-likeness (QED) is 0.158.